The monoisotopic (exact) mass is 166 g/mol. The second-order valence-electron chi connectivity index (χ2n) is 2.44. The minimum atomic E-state index is -1.44. The number of carbonyl (C=O) groups is 1. The van der Waals surface area contributed by atoms with Crippen molar-refractivity contribution in [3.8, 4) is 0 Å². The topological polar surface area (TPSA) is 26.3 Å². The third-order valence-corrected chi connectivity index (χ3v) is 1.36. The van der Waals surface area contributed by atoms with E-state index < -0.39 is 12.7 Å². The molecule has 1 rings (SSSR count). The molecule has 0 saturated heterocycles. The van der Waals surface area contributed by atoms with Crippen molar-refractivity contribution in [2.75, 3.05) is 6.61 Å². The quantitative estimate of drug-likeness (QED) is 0.681. The van der Waals surface area contributed by atoms with Crippen LogP contribution in [0.15, 0.2) is 30.3 Å². The van der Waals surface area contributed by atoms with Gasteiger partial charge in [-0.2, -0.15) is 0 Å². The Morgan fingerprint density at radius 3 is 2.92 bits per heavy atom. The van der Waals surface area contributed by atoms with Crippen LogP contribution in [0.4, 0.5) is 0 Å². The van der Waals surface area contributed by atoms with Gasteiger partial charge in [0.1, 0.15) is 6.61 Å². The molecule has 1 aromatic rings. The standard InChI is InChI=1S/C10H12O2/c1-9(11)7-12-8-10-5-3-2-4-6-10/h2-6H,7-8H2,1H3/i1D2. The van der Waals surface area contributed by atoms with E-state index in [0.29, 0.717) is 6.61 Å². The van der Waals surface area contributed by atoms with E-state index in [1.807, 2.05) is 30.3 Å². The number of ketones is 1. The van der Waals surface area contributed by atoms with E-state index in [0.717, 1.165) is 5.56 Å². The summed E-state index contributed by atoms with van der Waals surface area (Å²) in [7, 11) is 0. The molecule has 0 heterocycles. The molecule has 0 atom stereocenters. The fraction of sp³-hybridized carbons (Fsp3) is 0.300. The van der Waals surface area contributed by atoms with Crippen LogP contribution in [0.5, 0.6) is 0 Å². The van der Waals surface area contributed by atoms with Crippen molar-refractivity contribution in [1.29, 1.82) is 0 Å². The first-order valence-corrected chi connectivity index (χ1v) is 3.69. The molecule has 12 heavy (non-hydrogen) atoms. The third-order valence-electron chi connectivity index (χ3n) is 1.36. The SMILES string of the molecule is [2H]C([2H])C(=O)COCc1ccccc1. The first-order valence-electron chi connectivity index (χ1n) is 4.84. The Hall–Kier alpha value is -1.15. The zero-order valence-electron chi connectivity index (χ0n) is 8.69. The fourth-order valence-electron chi connectivity index (χ4n) is 0.844. The van der Waals surface area contributed by atoms with Crippen molar-refractivity contribution in [2.45, 2.75) is 13.5 Å². The molecule has 0 bridgehead atoms. The van der Waals surface area contributed by atoms with Gasteiger partial charge in [-0.3, -0.25) is 4.79 Å². The molecule has 0 fully saturated rings. The third kappa shape index (κ3) is 3.30. The summed E-state index contributed by atoms with van der Waals surface area (Å²) in [6, 6.07) is 9.46. The van der Waals surface area contributed by atoms with E-state index in [1.54, 1.807) is 0 Å². The maximum atomic E-state index is 10.8. The van der Waals surface area contributed by atoms with Gasteiger partial charge < -0.3 is 4.74 Å². The zero-order valence-corrected chi connectivity index (χ0v) is 6.69. The summed E-state index contributed by atoms with van der Waals surface area (Å²) in [5.74, 6) is -0.513. The van der Waals surface area contributed by atoms with Crippen molar-refractivity contribution < 1.29 is 12.3 Å². The molecule has 0 unspecified atom stereocenters. The summed E-state index contributed by atoms with van der Waals surface area (Å²) in [6.45, 7) is -1.25. The van der Waals surface area contributed by atoms with Crippen molar-refractivity contribution in [1.82, 2.24) is 0 Å². The number of rotatable bonds is 4. The summed E-state index contributed by atoms with van der Waals surface area (Å²) in [5, 5.41) is 0. The average molecular weight is 166 g/mol. The fourth-order valence-corrected chi connectivity index (χ4v) is 0.844. The molecular weight excluding hydrogens is 152 g/mol. The molecule has 0 N–H and O–H groups in total. The highest BCUT2D eigenvalue weighted by Crippen LogP contribution is 1.99. The van der Waals surface area contributed by atoms with Crippen molar-refractivity contribution in [3.63, 3.8) is 0 Å². The molecule has 64 valence electrons. The largest absolute Gasteiger partial charge is 0.369 e. The van der Waals surface area contributed by atoms with E-state index in [2.05, 4.69) is 0 Å². The first-order chi connectivity index (χ1) is 6.70. The minimum absolute atomic E-state index is 0.160. The van der Waals surface area contributed by atoms with Crippen LogP contribution in [0, 0.1) is 0 Å². The molecule has 1 aromatic carbocycles. The molecule has 2 heteroatoms. The smallest absolute Gasteiger partial charge is 0.155 e. The highest BCUT2D eigenvalue weighted by Gasteiger charge is 1.93. The Balaban J connectivity index is 2.26. The van der Waals surface area contributed by atoms with E-state index in [9.17, 15) is 4.79 Å². The number of Topliss-reactive ketones (excluding diaryl/α,β-unsaturated/α-hetero) is 1. The summed E-state index contributed by atoms with van der Waals surface area (Å²) in [4.78, 5) is 10.8. The van der Waals surface area contributed by atoms with E-state index in [1.165, 1.54) is 0 Å². The lowest BCUT2D eigenvalue weighted by molar-refractivity contribution is -0.121. The Bertz CT molecular complexity index is 285. The summed E-state index contributed by atoms with van der Waals surface area (Å²) >= 11 is 0. The Kier molecular flexibility index (Phi) is 2.48. The molecule has 0 aliphatic rings. The van der Waals surface area contributed by atoms with E-state index in [-0.39, 0.29) is 6.61 Å². The molecule has 2 nitrogen and oxygen atoms in total. The van der Waals surface area contributed by atoms with Crippen molar-refractivity contribution in [2.24, 2.45) is 0 Å². The normalized spacial score (nSPS) is 12.4. The highest BCUT2D eigenvalue weighted by atomic mass is 16.5. The number of carbonyl (C=O) groups excluding carboxylic acids is 1. The molecular formula is C10H12O2. The maximum Gasteiger partial charge on any atom is 0.155 e. The van der Waals surface area contributed by atoms with Crippen LogP contribution in [-0.2, 0) is 16.1 Å². The van der Waals surface area contributed by atoms with Gasteiger partial charge in [-0.1, -0.05) is 30.3 Å². The van der Waals surface area contributed by atoms with Gasteiger partial charge in [-0.25, -0.2) is 0 Å². The van der Waals surface area contributed by atoms with Gasteiger partial charge >= 0.3 is 0 Å². The lowest BCUT2D eigenvalue weighted by Gasteiger charge is -2.00. The van der Waals surface area contributed by atoms with Gasteiger partial charge in [0.25, 0.3) is 0 Å². The van der Waals surface area contributed by atoms with Crippen LogP contribution in [0.2, 0.25) is 0 Å². The molecule has 0 aromatic heterocycles. The van der Waals surface area contributed by atoms with Crippen LogP contribution < -0.4 is 0 Å². The van der Waals surface area contributed by atoms with Crippen LogP contribution in [0.3, 0.4) is 0 Å². The lowest BCUT2D eigenvalue weighted by Crippen LogP contribution is -2.03. The Labute approximate surface area is 75.0 Å². The number of benzene rings is 1. The zero-order chi connectivity index (χ0) is 10.4. The average Bonchev–Trinajstić information content (AvgIpc) is 2.19. The van der Waals surface area contributed by atoms with Crippen molar-refractivity contribution in [3.05, 3.63) is 35.9 Å². The van der Waals surface area contributed by atoms with Crippen LogP contribution in [0.25, 0.3) is 0 Å². The van der Waals surface area contributed by atoms with E-state index >= 15 is 0 Å². The number of hydrogen-bond acceptors (Lipinski definition) is 2. The van der Waals surface area contributed by atoms with Crippen LogP contribution in [0.1, 0.15) is 15.2 Å². The molecule has 0 spiro atoms. The summed E-state index contributed by atoms with van der Waals surface area (Å²) in [6.07, 6.45) is 0. The predicted molar refractivity (Wildman–Crippen MR) is 46.8 cm³/mol. The minimum Gasteiger partial charge on any atom is -0.369 e. The number of hydrogen-bond donors (Lipinski definition) is 0. The van der Waals surface area contributed by atoms with Gasteiger partial charge in [0.15, 0.2) is 5.78 Å². The van der Waals surface area contributed by atoms with Gasteiger partial charge in [-0.05, 0) is 12.4 Å². The summed E-state index contributed by atoms with van der Waals surface area (Å²) in [5.41, 5.74) is 0.979. The van der Waals surface area contributed by atoms with E-state index in [4.69, 9.17) is 7.48 Å². The molecule has 0 aliphatic carbocycles. The van der Waals surface area contributed by atoms with Gasteiger partial charge in [0.05, 0.1) is 6.61 Å². The lowest BCUT2D eigenvalue weighted by atomic mass is 10.2. The Morgan fingerprint density at radius 2 is 2.25 bits per heavy atom. The summed E-state index contributed by atoms with van der Waals surface area (Å²) < 4.78 is 18.7. The predicted octanol–water partition coefficient (Wildman–Crippen LogP) is 1.79. The molecule has 0 amide bonds. The van der Waals surface area contributed by atoms with Crippen LogP contribution in [-0.4, -0.2) is 12.4 Å². The van der Waals surface area contributed by atoms with Gasteiger partial charge in [0.2, 0.25) is 0 Å². The first kappa shape index (κ1) is 6.38. The second kappa shape index (κ2) is 4.67. The highest BCUT2D eigenvalue weighted by molar-refractivity contribution is 5.76. The van der Waals surface area contributed by atoms with Crippen molar-refractivity contribution >= 4 is 5.78 Å². The molecule has 0 saturated carbocycles. The molecule has 0 aliphatic heterocycles. The Morgan fingerprint density at radius 1 is 1.50 bits per heavy atom. The maximum absolute atomic E-state index is 10.8. The number of ether oxygens (including phenoxy) is 1. The van der Waals surface area contributed by atoms with Gasteiger partial charge in [0, 0.05) is 2.74 Å². The molecule has 0 radical (unpaired) electrons. The second-order valence-corrected chi connectivity index (χ2v) is 2.44. The van der Waals surface area contributed by atoms with Gasteiger partial charge in [-0.15, -0.1) is 0 Å². The van der Waals surface area contributed by atoms with Crippen LogP contribution >= 0.6 is 0 Å².